The van der Waals surface area contributed by atoms with Gasteiger partial charge in [0.05, 0.1) is 5.69 Å². The summed E-state index contributed by atoms with van der Waals surface area (Å²) in [4.78, 5) is 23.1. The summed E-state index contributed by atoms with van der Waals surface area (Å²) in [5, 5.41) is 0. The first-order valence-electron chi connectivity index (χ1n) is 13.3. The summed E-state index contributed by atoms with van der Waals surface area (Å²) in [6.07, 6.45) is 5.72. The van der Waals surface area contributed by atoms with Crippen LogP contribution in [0.4, 0.5) is 4.39 Å². The Labute approximate surface area is 214 Å². The first-order valence-corrected chi connectivity index (χ1v) is 13.3. The molecule has 5 heteroatoms. The van der Waals surface area contributed by atoms with Gasteiger partial charge in [-0.3, -0.25) is 14.7 Å². The molecule has 2 atom stereocenters. The Morgan fingerprint density at radius 2 is 1.75 bits per heavy atom. The molecule has 2 heterocycles. The number of nitrogens with zero attached hydrogens (tertiary/aromatic N) is 3. The molecule has 0 N–H and O–H groups in total. The molecule has 1 aliphatic heterocycles. The van der Waals surface area contributed by atoms with Crippen LogP contribution in [0.1, 0.15) is 65.3 Å². The fourth-order valence-electron chi connectivity index (χ4n) is 6.10. The standard InChI is InChI=1S/C31H36FN3O/c1-23-10-8-15-28(33-23)21-34-19-26(30(22-34)25-13-9-14-27(32)18-25)20-35(29-16-6-3-7-17-29)31(36)24-11-4-2-5-12-24/h2,4-5,8-15,18,26,29-30H,3,6-7,16-17,19-22H2,1H3. The molecule has 1 aromatic heterocycles. The summed E-state index contributed by atoms with van der Waals surface area (Å²) in [5.74, 6) is 0.320. The van der Waals surface area contributed by atoms with E-state index in [4.69, 9.17) is 4.98 Å². The quantitative estimate of drug-likeness (QED) is 0.399. The van der Waals surface area contributed by atoms with E-state index in [0.717, 1.165) is 55.0 Å². The Balaban J connectivity index is 1.42. The molecule has 36 heavy (non-hydrogen) atoms. The Morgan fingerprint density at radius 3 is 2.50 bits per heavy atom. The first-order chi connectivity index (χ1) is 17.6. The van der Waals surface area contributed by atoms with E-state index in [9.17, 15) is 9.18 Å². The second-order valence-corrected chi connectivity index (χ2v) is 10.5. The van der Waals surface area contributed by atoms with Gasteiger partial charge in [0.25, 0.3) is 5.91 Å². The number of hydrogen-bond donors (Lipinski definition) is 0. The summed E-state index contributed by atoms with van der Waals surface area (Å²) in [7, 11) is 0. The van der Waals surface area contributed by atoms with Crippen LogP contribution < -0.4 is 0 Å². The van der Waals surface area contributed by atoms with Gasteiger partial charge in [0.15, 0.2) is 0 Å². The van der Waals surface area contributed by atoms with Crippen molar-refractivity contribution in [3.8, 4) is 0 Å². The molecule has 0 radical (unpaired) electrons. The van der Waals surface area contributed by atoms with E-state index < -0.39 is 0 Å². The number of benzene rings is 2. The number of hydrogen-bond acceptors (Lipinski definition) is 3. The number of aryl methyl sites for hydroxylation is 1. The Hall–Kier alpha value is -3.05. The molecular formula is C31H36FN3O. The highest BCUT2D eigenvalue weighted by molar-refractivity contribution is 5.94. The van der Waals surface area contributed by atoms with E-state index >= 15 is 0 Å². The zero-order chi connectivity index (χ0) is 24.9. The van der Waals surface area contributed by atoms with Gasteiger partial charge in [-0.15, -0.1) is 0 Å². The van der Waals surface area contributed by atoms with Crippen LogP contribution in [0.5, 0.6) is 0 Å². The van der Waals surface area contributed by atoms with Gasteiger partial charge in [0.1, 0.15) is 5.82 Å². The summed E-state index contributed by atoms with van der Waals surface area (Å²) in [6, 6.07) is 23.1. The van der Waals surface area contributed by atoms with Crippen molar-refractivity contribution in [1.29, 1.82) is 0 Å². The highest BCUT2D eigenvalue weighted by Crippen LogP contribution is 2.36. The second kappa shape index (κ2) is 11.3. The highest BCUT2D eigenvalue weighted by atomic mass is 19.1. The lowest BCUT2D eigenvalue weighted by atomic mass is 9.86. The summed E-state index contributed by atoms with van der Waals surface area (Å²) >= 11 is 0. The number of pyridine rings is 1. The topological polar surface area (TPSA) is 36.4 Å². The summed E-state index contributed by atoms with van der Waals surface area (Å²) in [5.41, 5.74) is 3.85. The number of likely N-dealkylation sites (tertiary alicyclic amines) is 1. The molecule has 3 aromatic rings. The number of rotatable bonds is 7. The fraction of sp³-hybridized carbons (Fsp3) is 0.419. The molecule has 0 spiro atoms. The van der Waals surface area contributed by atoms with E-state index in [1.165, 1.54) is 25.3 Å². The van der Waals surface area contributed by atoms with Crippen molar-refractivity contribution in [1.82, 2.24) is 14.8 Å². The number of amides is 1. The third-order valence-corrected chi connectivity index (χ3v) is 7.85. The van der Waals surface area contributed by atoms with Crippen LogP contribution >= 0.6 is 0 Å². The molecule has 4 nitrogen and oxygen atoms in total. The predicted octanol–water partition coefficient (Wildman–Crippen LogP) is 6.22. The average Bonchev–Trinajstić information content (AvgIpc) is 3.30. The van der Waals surface area contributed by atoms with Crippen molar-refractivity contribution >= 4 is 5.91 Å². The lowest BCUT2D eigenvalue weighted by molar-refractivity contribution is 0.0588. The van der Waals surface area contributed by atoms with Crippen molar-refractivity contribution in [2.24, 2.45) is 5.92 Å². The highest BCUT2D eigenvalue weighted by Gasteiger charge is 2.38. The van der Waals surface area contributed by atoms with Gasteiger partial charge in [-0.1, -0.05) is 55.7 Å². The van der Waals surface area contributed by atoms with Crippen LogP contribution in [0.15, 0.2) is 72.8 Å². The zero-order valence-electron chi connectivity index (χ0n) is 21.2. The van der Waals surface area contributed by atoms with E-state index in [2.05, 4.69) is 21.9 Å². The van der Waals surface area contributed by atoms with Gasteiger partial charge in [0.2, 0.25) is 0 Å². The van der Waals surface area contributed by atoms with Gasteiger partial charge in [-0.05, 0) is 67.6 Å². The van der Waals surface area contributed by atoms with Crippen molar-refractivity contribution in [3.05, 3.63) is 101 Å². The molecule has 2 fully saturated rings. The van der Waals surface area contributed by atoms with Crippen LogP contribution in [-0.4, -0.2) is 46.4 Å². The normalized spacial score (nSPS) is 20.9. The summed E-state index contributed by atoms with van der Waals surface area (Å²) in [6.45, 7) is 5.17. The SMILES string of the molecule is Cc1cccc(CN2CC(CN(C(=O)c3ccccc3)C3CCCCC3)C(c3cccc(F)c3)C2)n1. The number of halogens is 1. The van der Waals surface area contributed by atoms with Crippen LogP contribution in [0.25, 0.3) is 0 Å². The first kappa shape index (κ1) is 24.6. The Bertz CT molecular complexity index is 1160. The molecule has 1 amide bonds. The molecule has 188 valence electrons. The van der Waals surface area contributed by atoms with Crippen molar-refractivity contribution in [2.45, 2.75) is 57.5 Å². The van der Waals surface area contributed by atoms with Crippen molar-refractivity contribution in [2.75, 3.05) is 19.6 Å². The van der Waals surface area contributed by atoms with Gasteiger partial charge in [-0.25, -0.2) is 4.39 Å². The summed E-state index contributed by atoms with van der Waals surface area (Å²) < 4.78 is 14.3. The van der Waals surface area contributed by atoms with E-state index in [1.807, 2.05) is 49.4 Å². The number of carbonyl (C=O) groups is 1. The third-order valence-electron chi connectivity index (χ3n) is 7.85. The van der Waals surface area contributed by atoms with Gasteiger partial charge < -0.3 is 4.90 Å². The van der Waals surface area contributed by atoms with Crippen LogP contribution in [0, 0.1) is 18.7 Å². The van der Waals surface area contributed by atoms with Crippen LogP contribution in [0.2, 0.25) is 0 Å². The Morgan fingerprint density at radius 1 is 0.972 bits per heavy atom. The number of carbonyl (C=O) groups excluding carboxylic acids is 1. The van der Waals surface area contributed by atoms with Crippen LogP contribution in [-0.2, 0) is 6.54 Å². The minimum atomic E-state index is -0.199. The molecule has 2 unspecified atom stereocenters. The lowest BCUT2D eigenvalue weighted by Gasteiger charge is -2.37. The van der Waals surface area contributed by atoms with E-state index in [-0.39, 0.29) is 29.6 Å². The zero-order valence-corrected chi connectivity index (χ0v) is 21.2. The maximum atomic E-state index is 14.3. The molecular weight excluding hydrogens is 449 g/mol. The molecule has 1 aliphatic carbocycles. The molecule has 5 rings (SSSR count). The second-order valence-electron chi connectivity index (χ2n) is 10.5. The monoisotopic (exact) mass is 485 g/mol. The smallest absolute Gasteiger partial charge is 0.254 e. The fourth-order valence-corrected chi connectivity index (χ4v) is 6.10. The molecule has 0 bridgehead atoms. The largest absolute Gasteiger partial charge is 0.335 e. The maximum absolute atomic E-state index is 14.3. The number of aromatic nitrogens is 1. The van der Waals surface area contributed by atoms with Gasteiger partial charge >= 0.3 is 0 Å². The lowest BCUT2D eigenvalue weighted by Crippen LogP contribution is -2.45. The van der Waals surface area contributed by atoms with Gasteiger partial charge in [-0.2, -0.15) is 0 Å². The molecule has 2 aliphatic rings. The van der Waals surface area contributed by atoms with Gasteiger partial charge in [0, 0.05) is 49.4 Å². The minimum Gasteiger partial charge on any atom is -0.335 e. The van der Waals surface area contributed by atoms with Crippen LogP contribution in [0.3, 0.4) is 0 Å². The Kier molecular flexibility index (Phi) is 7.76. The molecule has 1 saturated heterocycles. The van der Waals surface area contributed by atoms with E-state index in [1.54, 1.807) is 12.1 Å². The molecule has 1 saturated carbocycles. The third kappa shape index (κ3) is 5.84. The van der Waals surface area contributed by atoms with E-state index in [0.29, 0.717) is 6.54 Å². The minimum absolute atomic E-state index is 0.124. The molecule has 2 aromatic carbocycles. The predicted molar refractivity (Wildman–Crippen MR) is 141 cm³/mol. The van der Waals surface area contributed by atoms with Crippen molar-refractivity contribution < 1.29 is 9.18 Å². The van der Waals surface area contributed by atoms with Crippen molar-refractivity contribution in [3.63, 3.8) is 0 Å². The maximum Gasteiger partial charge on any atom is 0.254 e. The average molecular weight is 486 g/mol.